The summed E-state index contributed by atoms with van der Waals surface area (Å²) in [5.41, 5.74) is 6.02. The molecule has 5 nitrogen and oxygen atoms in total. The van der Waals surface area contributed by atoms with Gasteiger partial charge >= 0.3 is 6.36 Å². The van der Waals surface area contributed by atoms with Gasteiger partial charge in [0.25, 0.3) is 5.91 Å². The maximum absolute atomic E-state index is 12.2. The van der Waals surface area contributed by atoms with E-state index in [1.807, 2.05) is 0 Å². The number of amides is 1. The third kappa shape index (κ3) is 7.39. The second-order valence-electron chi connectivity index (χ2n) is 6.41. The molecule has 26 heavy (non-hydrogen) atoms. The molecule has 0 radical (unpaired) electrons. The van der Waals surface area contributed by atoms with Crippen LogP contribution in [-0.2, 0) is 4.79 Å². The molecule has 2 atom stereocenters. The molecule has 1 aliphatic rings. The lowest BCUT2D eigenvalue weighted by molar-refractivity contribution is -0.274. The number of halogens is 4. The number of carbonyl (C=O) groups is 1. The zero-order valence-corrected chi connectivity index (χ0v) is 15.0. The SMILES string of the molecule is Cl.N[C@H](CC1CCCCC1)C(O)C(=O)Nc1cccc(OC(F)(F)F)c1. The van der Waals surface area contributed by atoms with Gasteiger partial charge in [0.15, 0.2) is 0 Å². The molecule has 148 valence electrons. The van der Waals surface area contributed by atoms with Crippen LogP contribution >= 0.6 is 12.4 Å². The minimum Gasteiger partial charge on any atom is -0.406 e. The molecular weight excluding hydrogens is 373 g/mol. The molecule has 1 saturated carbocycles. The largest absolute Gasteiger partial charge is 0.573 e. The number of hydrogen-bond acceptors (Lipinski definition) is 4. The number of alkyl halides is 3. The Morgan fingerprint density at radius 3 is 2.58 bits per heavy atom. The fraction of sp³-hybridized carbons (Fsp3) is 0.588. The lowest BCUT2D eigenvalue weighted by Gasteiger charge is -2.26. The molecule has 9 heteroatoms. The van der Waals surface area contributed by atoms with Crippen molar-refractivity contribution in [3.05, 3.63) is 24.3 Å². The maximum Gasteiger partial charge on any atom is 0.573 e. The Morgan fingerprint density at radius 1 is 1.31 bits per heavy atom. The summed E-state index contributed by atoms with van der Waals surface area (Å²) in [6.45, 7) is 0. The van der Waals surface area contributed by atoms with Crippen LogP contribution in [0.5, 0.6) is 5.75 Å². The van der Waals surface area contributed by atoms with E-state index in [4.69, 9.17) is 5.73 Å². The summed E-state index contributed by atoms with van der Waals surface area (Å²) >= 11 is 0. The molecule has 0 spiro atoms. The number of aliphatic hydroxyl groups is 1. The molecule has 1 aromatic rings. The Kier molecular flexibility index (Phi) is 8.66. The van der Waals surface area contributed by atoms with Crippen LogP contribution in [0, 0.1) is 5.92 Å². The Balaban J connectivity index is 0.00000338. The van der Waals surface area contributed by atoms with Gasteiger partial charge in [-0.05, 0) is 24.5 Å². The number of nitrogens with one attached hydrogen (secondary N) is 1. The second kappa shape index (κ2) is 9.99. The number of aliphatic hydroxyl groups excluding tert-OH is 1. The molecule has 0 heterocycles. The number of ether oxygens (including phenoxy) is 1. The van der Waals surface area contributed by atoms with Gasteiger partial charge in [-0.3, -0.25) is 4.79 Å². The molecule has 0 bridgehead atoms. The van der Waals surface area contributed by atoms with Gasteiger partial charge in [-0.25, -0.2) is 0 Å². The standard InChI is InChI=1S/C17H23F3N2O3.ClH/c18-17(19,20)25-13-8-4-7-12(10-13)22-16(24)15(23)14(21)9-11-5-2-1-3-6-11;/h4,7-8,10-11,14-15,23H,1-3,5-6,9,21H2,(H,22,24);1H/t14-,15?;/m1./s1. The van der Waals surface area contributed by atoms with Crippen molar-refractivity contribution in [3.8, 4) is 5.75 Å². The number of benzene rings is 1. The zero-order valence-electron chi connectivity index (χ0n) is 14.2. The Hall–Kier alpha value is -1.51. The highest BCUT2D eigenvalue weighted by Crippen LogP contribution is 2.28. The molecule has 0 aliphatic heterocycles. The Labute approximate surface area is 156 Å². The molecule has 1 fully saturated rings. The van der Waals surface area contributed by atoms with Gasteiger partial charge in [-0.15, -0.1) is 25.6 Å². The molecule has 0 saturated heterocycles. The van der Waals surface area contributed by atoms with Crippen molar-refractivity contribution in [1.29, 1.82) is 0 Å². The lowest BCUT2D eigenvalue weighted by atomic mass is 9.84. The maximum atomic E-state index is 12.2. The monoisotopic (exact) mass is 396 g/mol. The molecule has 1 amide bonds. The van der Waals surface area contributed by atoms with Crippen molar-refractivity contribution in [2.24, 2.45) is 11.7 Å². The van der Waals surface area contributed by atoms with Gasteiger partial charge in [0, 0.05) is 17.8 Å². The zero-order chi connectivity index (χ0) is 18.4. The minimum atomic E-state index is -4.81. The van der Waals surface area contributed by atoms with E-state index in [0.717, 1.165) is 37.8 Å². The van der Waals surface area contributed by atoms with Crippen LogP contribution in [0.3, 0.4) is 0 Å². The van der Waals surface area contributed by atoms with Crippen LogP contribution in [0.25, 0.3) is 0 Å². The topological polar surface area (TPSA) is 84.6 Å². The average molecular weight is 397 g/mol. The van der Waals surface area contributed by atoms with Crippen molar-refractivity contribution in [3.63, 3.8) is 0 Å². The van der Waals surface area contributed by atoms with Gasteiger partial charge < -0.3 is 20.9 Å². The number of rotatable bonds is 6. The summed E-state index contributed by atoms with van der Waals surface area (Å²) in [6.07, 6.45) is -0.148. The lowest BCUT2D eigenvalue weighted by Crippen LogP contribution is -2.44. The van der Waals surface area contributed by atoms with Gasteiger partial charge in [0.2, 0.25) is 0 Å². The van der Waals surface area contributed by atoms with Crippen LogP contribution in [0.1, 0.15) is 38.5 Å². The van der Waals surface area contributed by atoms with E-state index in [-0.39, 0.29) is 18.1 Å². The number of hydrogen-bond donors (Lipinski definition) is 3. The third-order valence-corrected chi connectivity index (χ3v) is 4.34. The summed E-state index contributed by atoms with van der Waals surface area (Å²) in [5, 5.41) is 12.5. The fourth-order valence-electron chi connectivity index (χ4n) is 3.12. The number of anilines is 1. The molecular formula is C17H24ClF3N2O3. The number of nitrogens with two attached hydrogens (primary N) is 1. The highest BCUT2D eigenvalue weighted by molar-refractivity contribution is 5.94. The second-order valence-corrected chi connectivity index (χ2v) is 6.41. The summed E-state index contributed by atoms with van der Waals surface area (Å²) in [7, 11) is 0. The Morgan fingerprint density at radius 2 is 1.96 bits per heavy atom. The van der Waals surface area contributed by atoms with E-state index in [0.29, 0.717) is 12.3 Å². The van der Waals surface area contributed by atoms with Crippen molar-refractivity contribution in [2.45, 2.75) is 57.0 Å². The van der Waals surface area contributed by atoms with E-state index in [2.05, 4.69) is 10.1 Å². The first kappa shape index (κ1) is 22.5. The van der Waals surface area contributed by atoms with Crippen molar-refractivity contribution < 1.29 is 27.8 Å². The highest BCUT2D eigenvalue weighted by atomic mass is 35.5. The summed E-state index contributed by atoms with van der Waals surface area (Å²) < 4.78 is 40.5. The molecule has 1 aromatic carbocycles. The van der Waals surface area contributed by atoms with Crippen molar-refractivity contribution >= 4 is 24.0 Å². The van der Waals surface area contributed by atoms with Gasteiger partial charge in [-0.2, -0.15) is 0 Å². The molecule has 1 aliphatic carbocycles. The molecule has 0 aromatic heterocycles. The first-order valence-electron chi connectivity index (χ1n) is 8.35. The third-order valence-electron chi connectivity index (χ3n) is 4.34. The van der Waals surface area contributed by atoms with Gasteiger partial charge in [-0.1, -0.05) is 38.2 Å². The van der Waals surface area contributed by atoms with Crippen LogP contribution < -0.4 is 15.8 Å². The smallest absolute Gasteiger partial charge is 0.406 e. The van der Waals surface area contributed by atoms with Gasteiger partial charge in [0.1, 0.15) is 11.9 Å². The van der Waals surface area contributed by atoms with E-state index in [1.165, 1.54) is 18.6 Å². The molecule has 2 rings (SSSR count). The summed E-state index contributed by atoms with van der Waals surface area (Å²) in [6, 6.07) is 4.16. The van der Waals surface area contributed by atoms with E-state index >= 15 is 0 Å². The van der Waals surface area contributed by atoms with Crippen molar-refractivity contribution in [1.82, 2.24) is 0 Å². The van der Waals surface area contributed by atoms with Crippen LogP contribution in [0.15, 0.2) is 24.3 Å². The summed E-state index contributed by atoms with van der Waals surface area (Å²) in [5.74, 6) is -0.798. The first-order valence-corrected chi connectivity index (χ1v) is 8.35. The Bertz CT molecular complexity index is 581. The normalized spacial score (nSPS) is 17.7. The quantitative estimate of drug-likeness (QED) is 0.685. The number of carbonyl (C=O) groups excluding carboxylic acids is 1. The van der Waals surface area contributed by atoms with Crippen LogP contribution in [0.4, 0.5) is 18.9 Å². The molecule has 1 unspecified atom stereocenters. The van der Waals surface area contributed by atoms with E-state index in [1.54, 1.807) is 0 Å². The van der Waals surface area contributed by atoms with Gasteiger partial charge in [0.05, 0.1) is 0 Å². The van der Waals surface area contributed by atoms with E-state index < -0.39 is 30.2 Å². The fourth-order valence-corrected chi connectivity index (χ4v) is 3.12. The predicted molar refractivity (Wildman–Crippen MR) is 94.2 cm³/mol. The average Bonchev–Trinajstić information content (AvgIpc) is 2.53. The summed E-state index contributed by atoms with van der Waals surface area (Å²) in [4.78, 5) is 12.1. The predicted octanol–water partition coefficient (Wildman–Crippen LogP) is 3.60. The van der Waals surface area contributed by atoms with Crippen LogP contribution in [-0.4, -0.2) is 29.5 Å². The minimum absolute atomic E-state index is 0. The molecule has 4 N–H and O–H groups in total. The first-order chi connectivity index (χ1) is 11.7. The highest BCUT2D eigenvalue weighted by Gasteiger charge is 2.31. The van der Waals surface area contributed by atoms with Crippen molar-refractivity contribution in [2.75, 3.05) is 5.32 Å². The van der Waals surface area contributed by atoms with E-state index in [9.17, 15) is 23.1 Å². The van der Waals surface area contributed by atoms with Crippen LogP contribution in [0.2, 0.25) is 0 Å².